The third kappa shape index (κ3) is 5.03. The van der Waals surface area contributed by atoms with Crippen molar-refractivity contribution in [3.8, 4) is 5.75 Å². The number of hydrogen-bond donors (Lipinski definition) is 4. The second-order valence-electron chi connectivity index (χ2n) is 3.52. The molecule has 0 aliphatic rings. The van der Waals surface area contributed by atoms with E-state index in [1.165, 1.54) is 0 Å². The van der Waals surface area contributed by atoms with E-state index in [0.29, 0.717) is 24.0 Å². The van der Waals surface area contributed by atoms with E-state index in [0.717, 1.165) is 5.56 Å². The number of phenolic OH excluding ortho intramolecular Hbond substituents is 1. The number of phenols is 1. The Bertz CT molecular complexity index is 406. The highest BCUT2D eigenvalue weighted by Gasteiger charge is 1.99. The minimum atomic E-state index is 0.219. The van der Waals surface area contributed by atoms with Gasteiger partial charge in [-0.2, -0.15) is 0 Å². The number of ether oxygens (including phenoxy) is 1. The minimum Gasteiger partial charge on any atom is -0.508 e. The molecule has 0 aliphatic carbocycles. The highest BCUT2D eigenvalue weighted by Crippen LogP contribution is 2.13. The molecule has 0 unspecified atom stereocenters. The van der Waals surface area contributed by atoms with Gasteiger partial charge in [0.05, 0.1) is 12.3 Å². The summed E-state index contributed by atoms with van der Waals surface area (Å²) in [4.78, 5) is 0. The highest BCUT2D eigenvalue weighted by atomic mass is 32.1. The van der Waals surface area contributed by atoms with Crippen LogP contribution in [0, 0.1) is 0 Å². The SMILES string of the molecule is C=C(NNC(=S)NCCOC)c1ccc(O)cc1. The van der Waals surface area contributed by atoms with Gasteiger partial charge in [0, 0.05) is 13.7 Å². The first-order valence-electron chi connectivity index (χ1n) is 5.40. The number of rotatable bonds is 6. The van der Waals surface area contributed by atoms with Gasteiger partial charge in [-0.15, -0.1) is 0 Å². The molecule has 1 aromatic carbocycles. The Morgan fingerprint density at radius 2 is 2.00 bits per heavy atom. The number of nitrogens with one attached hydrogen (secondary N) is 3. The molecular weight excluding hydrogens is 250 g/mol. The number of methoxy groups -OCH3 is 1. The van der Waals surface area contributed by atoms with Gasteiger partial charge in [0.15, 0.2) is 5.11 Å². The molecule has 0 saturated heterocycles. The summed E-state index contributed by atoms with van der Waals surface area (Å²) in [7, 11) is 1.63. The Balaban J connectivity index is 2.32. The molecule has 0 atom stereocenters. The fourth-order valence-corrected chi connectivity index (χ4v) is 1.33. The summed E-state index contributed by atoms with van der Waals surface area (Å²) in [5, 5.41) is 12.6. The average Bonchev–Trinajstić information content (AvgIpc) is 2.37. The van der Waals surface area contributed by atoms with E-state index >= 15 is 0 Å². The number of benzene rings is 1. The molecular formula is C12H17N3O2S. The second kappa shape index (κ2) is 7.52. The van der Waals surface area contributed by atoms with E-state index in [9.17, 15) is 0 Å². The predicted molar refractivity (Wildman–Crippen MR) is 75.9 cm³/mol. The van der Waals surface area contributed by atoms with Gasteiger partial charge >= 0.3 is 0 Å². The second-order valence-corrected chi connectivity index (χ2v) is 3.93. The molecule has 1 rings (SSSR count). The molecule has 0 bridgehead atoms. The van der Waals surface area contributed by atoms with Gasteiger partial charge in [-0.3, -0.25) is 10.9 Å². The first kappa shape index (κ1) is 14.3. The molecule has 0 heterocycles. The van der Waals surface area contributed by atoms with E-state index in [1.807, 2.05) is 0 Å². The van der Waals surface area contributed by atoms with Crippen LogP contribution in [0.3, 0.4) is 0 Å². The normalized spacial score (nSPS) is 9.61. The number of hydrazine groups is 1. The molecule has 98 valence electrons. The maximum Gasteiger partial charge on any atom is 0.185 e. The molecule has 0 spiro atoms. The predicted octanol–water partition coefficient (Wildman–Crippen LogP) is 0.978. The molecule has 0 aliphatic heterocycles. The highest BCUT2D eigenvalue weighted by molar-refractivity contribution is 7.80. The summed E-state index contributed by atoms with van der Waals surface area (Å²) in [6.07, 6.45) is 0. The van der Waals surface area contributed by atoms with Crippen LogP contribution in [0.5, 0.6) is 5.75 Å². The molecule has 0 saturated carbocycles. The van der Waals surface area contributed by atoms with Crippen LogP contribution < -0.4 is 16.2 Å². The van der Waals surface area contributed by atoms with Gasteiger partial charge in [0.1, 0.15) is 5.75 Å². The Labute approximate surface area is 112 Å². The zero-order chi connectivity index (χ0) is 13.4. The van der Waals surface area contributed by atoms with Crippen LogP contribution in [0.1, 0.15) is 5.56 Å². The van der Waals surface area contributed by atoms with Crippen molar-refractivity contribution >= 4 is 23.0 Å². The zero-order valence-electron chi connectivity index (χ0n) is 10.2. The van der Waals surface area contributed by atoms with E-state index in [4.69, 9.17) is 22.1 Å². The monoisotopic (exact) mass is 267 g/mol. The van der Waals surface area contributed by atoms with Crippen molar-refractivity contribution in [2.45, 2.75) is 0 Å². The third-order valence-electron chi connectivity index (χ3n) is 2.13. The maximum absolute atomic E-state index is 9.17. The molecule has 6 heteroatoms. The van der Waals surface area contributed by atoms with Crippen molar-refractivity contribution < 1.29 is 9.84 Å². The van der Waals surface area contributed by atoms with Gasteiger partial charge in [-0.1, -0.05) is 6.58 Å². The Morgan fingerprint density at radius 1 is 1.33 bits per heavy atom. The van der Waals surface area contributed by atoms with Crippen LogP contribution in [-0.4, -0.2) is 30.5 Å². The summed E-state index contributed by atoms with van der Waals surface area (Å²) in [5.41, 5.74) is 7.20. The lowest BCUT2D eigenvalue weighted by molar-refractivity contribution is 0.204. The zero-order valence-corrected chi connectivity index (χ0v) is 11.0. The molecule has 4 N–H and O–H groups in total. The van der Waals surface area contributed by atoms with Gasteiger partial charge < -0.3 is 15.2 Å². The summed E-state index contributed by atoms with van der Waals surface area (Å²) >= 11 is 5.04. The van der Waals surface area contributed by atoms with Crippen LogP contribution in [-0.2, 0) is 4.74 Å². The van der Waals surface area contributed by atoms with Crippen molar-refractivity contribution in [3.05, 3.63) is 36.4 Å². The van der Waals surface area contributed by atoms with Crippen molar-refractivity contribution in [3.63, 3.8) is 0 Å². The number of hydrogen-bond acceptors (Lipinski definition) is 4. The Kier molecular flexibility index (Phi) is 5.96. The van der Waals surface area contributed by atoms with Gasteiger partial charge in [0.2, 0.25) is 0 Å². The van der Waals surface area contributed by atoms with Crippen molar-refractivity contribution in [1.29, 1.82) is 0 Å². The smallest absolute Gasteiger partial charge is 0.185 e. The summed E-state index contributed by atoms with van der Waals surface area (Å²) in [6.45, 7) is 5.07. The quantitative estimate of drug-likeness (QED) is 0.350. The van der Waals surface area contributed by atoms with E-state index in [2.05, 4.69) is 22.7 Å². The largest absolute Gasteiger partial charge is 0.508 e. The van der Waals surface area contributed by atoms with E-state index in [1.54, 1.807) is 31.4 Å². The number of aromatic hydroxyl groups is 1. The van der Waals surface area contributed by atoms with Crippen molar-refractivity contribution in [2.75, 3.05) is 20.3 Å². The maximum atomic E-state index is 9.17. The van der Waals surface area contributed by atoms with Gasteiger partial charge in [-0.25, -0.2) is 0 Å². The van der Waals surface area contributed by atoms with Crippen molar-refractivity contribution in [2.24, 2.45) is 0 Å². The first-order valence-corrected chi connectivity index (χ1v) is 5.81. The minimum absolute atomic E-state index is 0.219. The van der Waals surface area contributed by atoms with Crippen LogP contribution in [0.4, 0.5) is 0 Å². The lowest BCUT2D eigenvalue weighted by atomic mass is 10.2. The molecule has 18 heavy (non-hydrogen) atoms. The summed E-state index contributed by atoms with van der Waals surface area (Å²) < 4.78 is 4.89. The lowest BCUT2D eigenvalue weighted by Gasteiger charge is -2.14. The van der Waals surface area contributed by atoms with Crippen molar-refractivity contribution in [1.82, 2.24) is 16.2 Å². The molecule has 0 aromatic heterocycles. The van der Waals surface area contributed by atoms with Crippen LogP contribution in [0.2, 0.25) is 0 Å². The van der Waals surface area contributed by atoms with Crippen LogP contribution in [0.15, 0.2) is 30.8 Å². The molecule has 0 amide bonds. The van der Waals surface area contributed by atoms with Crippen LogP contribution in [0.25, 0.3) is 5.70 Å². The molecule has 1 aromatic rings. The third-order valence-corrected chi connectivity index (χ3v) is 2.38. The fraction of sp³-hybridized carbons (Fsp3) is 0.250. The van der Waals surface area contributed by atoms with Gasteiger partial charge in [-0.05, 0) is 42.0 Å². The molecule has 5 nitrogen and oxygen atoms in total. The Morgan fingerprint density at radius 3 is 2.61 bits per heavy atom. The number of thiocarbonyl (C=S) groups is 1. The topological polar surface area (TPSA) is 65.5 Å². The average molecular weight is 267 g/mol. The molecule has 0 fully saturated rings. The van der Waals surface area contributed by atoms with Crippen LogP contribution >= 0.6 is 12.2 Å². The fourth-order valence-electron chi connectivity index (χ4n) is 1.18. The lowest BCUT2D eigenvalue weighted by Crippen LogP contribution is -2.43. The summed E-state index contributed by atoms with van der Waals surface area (Å²) in [5.74, 6) is 0.219. The van der Waals surface area contributed by atoms with E-state index in [-0.39, 0.29) is 5.75 Å². The summed E-state index contributed by atoms with van der Waals surface area (Å²) in [6, 6.07) is 6.70. The van der Waals surface area contributed by atoms with Gasteiger partial charge in [0.25, 0.3) is 0 Å². The standard InChI is InChI=1S/C12H17N3O2S/c1-9(10-3-5-11(16)6-4-10)14-15-12(18)13-7-8-17-2/h3-6,14,16H,1,7-8H2,2H3,(H2,13,15,18). The molecule has 0 radical (unpaired) electrons. The van der Waals surface area contributed by atoms with E-state index < -0.39 is 0 Å². The first-order chi connectivity index (χ1) is 8.63. The Hall–Kier alpha value is -1.79.